The van der Waals surface area contributed by atoms with Gasteiger partial charge in [0.05, 0.1) is 18.2 Å². The number of amides is 1. The van der Waals surface area contributed by atoms with E-state index in [9.17, 15) is 4.79 Å². The molecule has 0 spiro atoms. The molecule has 2 aromatic carbocycles. The Morgan fingerprint density at radius 1 is 1.13 bits per heavy atom. The van der Waals surface area contributed by atoms with Gasteiger partial charge in [-0.1, -0.05) is 18.2 Å². The highest BCUT2D eigenvalue weighted by Gasteiger charge is 2.25. The van der Waals surface area contributed by atoms with Crippen LogP contribution in [0.15, 0.2) is 42.5 Å². The second kappa shape index (κ2) is 6.23. The Morgan fingerprint density at radius 2 is 1.91 bits per heavy atom. The first-order valence-electron chi connectivity index (χ1n) is 7.63. The number of fused-ring (bicyclic) bond motifs is 1. The summed E-state index contributed by atoms with van der Waals surface area (Å²) < 4.78 is 5.51. The summed E-state index contributed by atoms with van der Waals surface area (Å²) in [5.41, 5.74) is 4.53. The van der Waals surface area contributed by atoms with Gasteiger partial charge in [-0.05, 0) is 49.2 Å². The zero-order valence-corrected chi connectivity index (χ0v) is 13.2. The van der Waals surface area contributed by atoms with Gasteiger partial charge in [0.25, 0.3) is 5.91 Å². The Balaban J connectivity index is 2.06. The van der Waals surface area contributed by atoms with Crippen molar-refractivity contribution in [3.63, 3.8) is 0 Å². The van der Waals surface area contributed by atoms with E-state index in [1.807, 2.05) is 50.2 Å². The van der Waals surface area contributed by atoms with Crippen molar-refractivity contribution < 1.29 is 9.53 Å². The van der Waals surface area contributed by atoms with Crippen LogP contribution in [-0.2, 0) is 16.1 Å². The Labute approximate surface area is 135 Å². The van der Waals surface area contributed by atoms with Crippen molar-refractivity contribution >= 4 is 11.6 Å². The van der Waals surface area contributed by atoms with Crippen LogP contribution in [0.3, 0.4) is 0 Å². The van der Waals surface area contributed by atoms with Gasteiger partial charge in [-0.3, -0.25) is 4.79 Å². The van der Waals surface area contributed by atoms with Crippen molar-refractivity contribution in [1.29, 1.82) is 5.26 Å². The summed E-state index contributed by atoms with van der Waals surface area (Å²) >= 11 is 0. The number of nitrogens with zero attached hydrogens (tertiary/aromatic N) is 2. The number of anilines is 1. The average molecular weight is 306 g/mol. The predicted molar refractivity (Wildman–Crippen MR) is 88.9 cm³/mol. The molecule has 0 saturated heterocycles. The molecule has 23 heavy (non-hydrogen) atoms. The third-order valence-electron chi connectivity index (χ3n) is 3.93. The zero-order chi connectivity index (χ0) is 16.4. The lowest BCUT2D eigenvalue weighted by molar-refractivity contribution is -0.123. The molecule has 1 heterocycles. The minimum atomic E-state index is -0.0158. The van der Waals surface area contributed by atoms with Crippen LogP contribution < -0.4 is 4.90 Å². The van der Waals surface area contributed by atoms with Gasteiger partial charge in [0.15, 0.2) is 0 Å². The minimum Gasteiger partial charge on any atom is -0.367 e. The van der Waals surface area contributed by atoms with E-state index in [4.69, 9.17) is 10.00 Å². The topological polar surface area (TPSA) is 53.3 Å². The number of hydrogen-bond donors (Lipinski definition) is 0. The summed E-state index contributed by atoms with van der Waals surface area (Å²) in [4.78, 5) is 14.0. The van der Waals surface area contributed by atoms with Gasteiger partial charge in [-0.2, -0.15) is 5.26 Å². The van der Waals surface area contributed by atoms with Gasteiger partial charge in [0, 0.05) is 17.3 Å². The van der Waals surface area contributed by atoms with Crippen LogP contribution in [0.4, 0.5) is 5.69 Å². The van der Waals surface area contributed by atoms with Crippen LogP contribution in [0, 0.1) is 11.3 Å². The van der Waals surface area contributed by atoms with E-state index in [-0.39, 0.29) is 18.6 Å². The first-order chi connectivity index (χ1) is 11.1. The molecule has 0 aromatic heterocycles. The summed E-state index contributed by atoms with van der Waals surface area (Å²) in [5.74, 6) is -0.0158. The molecule has 0 radical (unpaired) electrons. The van der Waals surface area contributed by atoms with Crippen molar-refractivity contribution in [1.82, 2.24) is 0 Å². The third kappa shape index (κ3) is 2.96. The van der Waals surface area contributed by atoms with Gasteiger partial charge < -0.3 is 9.64 Å². The molecule has 0 atom stereocenters. The molecule has 0 fully saturated rings. The SMILES string of the molecule is CC(C)N1C(=O)COCc2cc(-c3cccc(C#N)c3)ccc21. The normalized spacial score (nSPS) is 14.3. The third-order valence-corrected chi connectivity index (χ3v) is 3.93. The molecule has 1 aliphatic heterocycles. The standard InChI is InChI=1S/C19H18N2O2/c1-13(2)21-18-7-6-16(9-17(18)11-23-12-19(21)22)15-5-3-4-14(8-15)10-20/h3-9,13H,11-12H2,1-2H3. The van der Waals surface area contributed by atoms with Gasteiger partial charge >= 0.3 is 0 Å². The molecule has 1 aliphatic rings. The van der Waals surface area contributed by atoms with E-state index in [2.05, 4.69) is 6.07 Å². The Kier molecular flexibility index (Phi) is 4.14. The molecular weight excluding hydrogens is 288 g/mol. The smallest absolute Gasteiger partial charge is 0.253 e. The predicted octanol–water partition coefficient (Wildman–Crippen LogP) is 3.50. The first kappa shape index (κ1) is 15.3. The molecule has 4 nitrogen and oxygen atoms in total. The average Bonchev–Trinajstić information content (AvgIpc) is 2.72. The molecule has 116 valence electrons. The molecule has 1 amide bonds. The fraction of sp³-hybridized carbons (Fsp3) is 0.263. The molecule has 4 heteroatoms. The lowest BCUT2D eigenvalue weighted by atomic mass is 10.00. The number of ether oxygens (including phenoxy) is 1. The number of carbonyl (C=O) groups is 1. The lowest BCUT2D eigenvalue weighted by Crippen LogP contribution is -2.38. The highest BCUT2D eigenvalue weighted by atomic mass is 16.5. The van der Waals surface area contributed by atoms with Crippen LogP contribution in [0.25, 0.3) is 11.1 Å². The van der Waals surface area contributed by atoms with Crippen molar-refractivity contribution in [2.45, 2.75) is 26.5 Å². The maximum absolute atomic E-state index is 12.2. The van der Waals surface area contributed by atoms with Crippen LogP contribution in [-0.4, -0.2) is 18.6 Å². The van der Waals surface area contributed by atoms with E-state index in [1.165, 1.54) is 0 Å². The maximum Gasteiger partial charge on any atom is 0.253 e. The Morgan fingerprint density at radius 3 is 2.65 bits per heavy atom. The van der Waals surface area contributed by atoms with E-state index < -0.39 is 0 Å². The quantitative estimate of drug-likeness (QED) is 0.853. The number of carbonyl (C=O) groups excluding carboxylic acids is 1. The van der Waals surface area contributed by atoms with Crippen LogP contribution in [0.1, 0.15) is 25.0 Å². The van der Waals surface area contributed by atoms with Gasteiger partial charge in [-0.15, -0.1) is 0 Å². The van der Waals surface area contributed by atoms with Crippen LogP contribution in [0.5, 0.6) is 0 Å². The van der Waals surface area contributed by atoms with Crippen molar-refractivity contribution in [3.8, 4) is 17.2 Å². The van der Waals surface area contributed by atoms with Crippen molar-refractivity contribution in [2.75, 3.05) is 11.5 Å². The van der Waals surface area contributed by atoms with E-state index in [0.717, 1.165) is 22.4 Å². The molecule has 0 unspecified atom stereocenters. The molecule has 0 bridgehead atoms. The van der Waals surface area contributed by atoms with E-state index in [0.29, 0.717) is 12.2 Å². The van der Waals surface area contributed by atoms with Gasteiger partial charge in [0.1, 0.15) is 6.61 Å². The highest BCUT2D eigenvalue weighted by Crippen LogP contribution is 2.31. The molecule has 0 aliphatic carbocycles. The van der Waals surface area contributed by atoms with Crippen molar-refractivity contribution in [2.24, 2.45) is 0 Å². The fourth-order valence-electron chi connectivity index (χ4n) is 2.90. The van der Waals surface area contributed by atoms with Crippen molar-refractivity contribution in [3.05, 3.63) is 53.6 Å². The first-order valence-corrected chi connectivity index (χ1v) is 7.63. The molecular formula is C19H18N2O2. The Hall–Kier alpha value is -2.64. The summed E-state index contributed by atoms with van der Waals surface area (Å²) in [6.07, 6.45) is 0. The lowest BCUT2D eigenvalue weighted by Gasteiger charge is -2.26. The fourth-order valence-corrected chi connectivity index (χ4v) is 2.90. The van der Waals surface area contributed by atoms with Gasteiger partial charge in [0.2, 0.25) is 0 Å². The molecule has 0 saturated carbocycles. The second-order valence-electron chi connectivity index (χ2n) is 5.89. The largest absolute Gasteiger partial charge is 0.367 e. The van der Waals surface area contributed by atoms with Crippen LogP contribution >= 0.6 is 0 Å². The van der Waals surface area contributed by atoms with E-state index in [1.54, 1.807) is 11.0 Å². The van der Waals surface area contributed by atoms with Crippen LogP contribution in [0.2, 0.25) is 0 Å². The number of hydrogen-bond acceptors (Lipinski definition) is 3. The minimum absolute atomic E-state index is 0.0158. The van der Waals surface area contributed by atoms with Gasteiger partial charge in [-0.25, -0.2) is 0 Å². The van der Waals surface area contributed by atoms with E-state index >= 15 is 0 Å². The summed E-state index contributed by atoms with van der Waals surface area (Å²) in [5, 5.41) is 9.05. The highest BCUT2D eigenvalue weighted by molar-refractivity contribution is 5.96. The number of benzene rings is 2. The number of rotatable bonds is 2. The molecule has 2 aromatic rings. The zero-order valence-electron chi connectivity index (χ0n) is 13.2. The monoisotopic (exact) mass is 306 g/mol. The summed E-state index contributed by atoms with van der Waals surface area (Å²) in [6, 6.07) is 15.7. The summed E-state index contributed by atoms with van der Waals surface area (Å²) in [6.45, 7) is 4.51. The second-order valence-corrected chi connectivity index (χ2v) is 5.89. The maximum atomic E-state index is 12.2. The Bertz CT molecular complexity index is 790. The molecule has 0 N–H and O–H groups in total. The number of nitriles is 1. The summed E-state index contributed by atoms with van der Waals surface area (Å²) in [7, 11) is 0. The molecule has 3 rings (SSSR count).